The molecule has 9 nitrogen and oxygen atoms in total. The fourth-order valence-electron chi connectivity index (χ4n) is 3.07. The number of rotatable bonds is 5. The van der Waals surface area contributed by atoms with Crippen molar-refractivity contribution in [2.75, 3.05) is 11.6 Å². The molecule has 28 heavy (non-hydrogen) atoms. The number of nitrogens with zero attached hydrogens (tertiary/aromatic N) is 4. The Morgan fingerprint density at radius 1 is 0.786 bits per heavy atom. The highest BCUT2D eigenvalue weighted by molar-refractivity contribution is 5.83. The lowest BCUT2D eigenvalue weighted by molar-refractivity contribution is -0.133. The highest BCUT2D eigenvalue weighted by Crippen LogP contribution is 2.32. The van der Waals surface area contributed by atoms with Crippen molar-refractivity contribution in [2.24, 2.45) is 32.9 Å². The van der Waals surface area contributed by atoms with Gasteiger partial charge in [-0.2, -0.15) is 0 Å². The van der Waals surface area contributed by atoms with Gasteiger partial charge in [-0.05, 0) is 61.4 Å². The van der Waals surface area contributed by atoms with Crippen LogP contribution in [0.15, 0.2) is 58.5 Å². The van der Waals surface area contributed by atoms with Crippen LogP contribution in [0.1, 0.15) is 19.3 Å². The molecule has 0 bridgehead atoms. The highest BCUT2D eigenvalue weighted by atomic mass is 16.2. The molecule has 1 amide bonds. The zero-order chi connectivity index (χ0) is 20.1. The van der Waals surface area contributed by atoms with Crippen LogP contribution >= 0.6 is 0 Å². The Balaban J connectivity index is 1.99. The summed E-state index contributed by atoms with van der Waals surface area (Å²) in [6.07, 6.45) is 2.37. The van der Waals surface area contributed by atoms with Crippen LogP contribution in [0.3, 0.4) is 0 Å². The molecule has 1 saturated heterocycles. The number of carbonyl (C=O) groups is 1. The Bertz CT molecular complexity index is 820. The maximum Gasteiger partial charge on any atom is 0.241 e. The molecule has 2 aromatic carbocycles. The summed E-state index contributed by atoms with van der Waals surface area (Å²) < 4.78 is 0. The molecule has 1 heterocycles. The molecule has 0 aromatic heterocycles. The van der Waals surface area contributed by atoms with Gasteiger partial charge in [0.2, 0.25) is 5.91 Å². The number of hydrogen-bond acceptors (Lipinski definition) is 4. The van der Waals surface area contributed by atoms with Crippen molar-refractivity contribution in [1.29, 1.82) is 0 Å². The number of piperidine rings is 1. The average molecular weight is 380 g/mol. The molecule has 0 spiro atoms. The minimum absolute atomic E-state index is 0.00821. The van der Waals surface area contributed by atoms with E-state index >= 15 is 0 Å². The van der Waals surface area contributed by atoms with Crippen molar-refractivity contribution < 1.29 is 4.79 Å². The van der Waals surface area contributed by atoms with Gasteiger partial charge < -0.3 is 22.9 Å². The Kier molecular flexibility index (Phi) is 5.64. The van der Waals surface area contributed by atoms with E-state index in [1.54, 1.807) is 29.3 Å². The number of guanidine groups is 2. The Labute approximate surface area is 163 Å². The zero-order valence-corrected chi connectivity index (χ0v) is 15.5. The molecular weight excluding hydrogens is 356 g/mol. The van der Waals surface area contributed by atoms with Gasteiger partial charge in [0, 0.05) is 13.0 Å². The minimum Gasteiger partial charge on any atom is -0.370 e. The van der Waals surface area contributed by atoms with Crippen molar-refractivity contribution in [3.05, 3.63) is 48.5 Å². The monoisotopic (exact) mass is 380 g/mol. The van der Waals surface area contributed by atoms with E-state index in [4.69, 9.17) is 22.9 Å². The molecule has 0 atom stereocenters. The predicted octanol–water partition coefficient (Wildman–Crippen LogP) is 1.56. The molecule has 0 aliphatic carbocycles. The Morgan fingerprint density at radius 3 is 1.64 bits per heavy atom. The van der Waals surface area contributed by atoms with Crippen molar-refractivity contribution in [3.63, 3.8) is 0 Å². The zero-order valence-electron chi connectivity index (χ0n) is 15.5. The van der Waals surface area contributed by atoms with Crippen molar-refractivity contribution in [3.8, 4) is 0 Å². The van der Waals surface area contributed by atoms with Gasteiger partial charge in [0.05, 0.1) is 22.7 Å². The third-order valence-electron chi connectivity index (χ3n) is 4.24. The molecule has 2 aromatic rings. The van der Waals surface area contributed by atoms with Crippen molar-refractivity contribution >= 4 is 40.6 Å². The van der Waals surface area contributed by atoms with Crippen LogP contribution in [-0.4, -0.2) is 29.4 Å². The molecule has 0 radical (unpaired) electrons. The van der Waals surface area contributed by atoms with Gasteiger partial charge in [-0.25, -0.2) is 15.0 Å². The predicted molar refractivity (Wildman–Crippen MR) is 112 cm³/mol. The minimum atomic E-state index is -0.00821. The topological polar surface area (TPSA) is 152 Å². The summed E-state index contributed by atoms with van der Waals surface area (Å²) in [5.41, 5.74) is 24.6. The smallest absolute Gasteiger partial charge is 0.241 e. The summed E-state index contributed by atoms with van der Waals surface area (Å²) in [6, 6.07) is 14.7. The van der Waals surface area contributed by atoms with Crippen LogP contribution in [0.5, 0.6) is 0 Å². The van der Waals surface area contributed by atoms with E-state index < -0.39 is 0 Å². The van der Waals surface area contributed by atoms with Gasteiger partial charge >= 0.3 is 0 Å². The molecule has 1 aliphatic heterocycles. The van der Waals surface area contributed by atoms with E-state index in [2.05, 4.69) is 9.98 Å². The SMILES string of the molecule is NC(N)=Nc1ccc(N(c2ccc(N=C(N)N)cc2)N2CCCCC2=O)cc1. The number of carbonyl (C=O) groups excluding carboxylic acids is 1. The van der Waals surface area contributed by atoms with E-state index in [0.29, 0.717) is 24.3 Å². The van der Waals surface area contributed by atoms with Gasteiger partial charge in [-0.15, -0.1) is 0 Å². The summed E-state index contributed by atoms with van der Waals surface area (Å²) in [5, 5.41) is 3.65. The van der Waals surface area contributed by atoms with E-state index in [1.165, 1.54) is 0 Å². The molecule has 1 aliphatic rings. The first-order chi connectivity index (χ1) is 13.4. The van der Waals surface area contributed by atoms with Gasteiger partial charge in [-0.3, -0.25) is 9.80 Å². The van der Waals surface area contributed by atoms with Crippen molar-refractivity contribution in [2.45, 2.75) is 19.3 Å². The van der Waals surface area contributed by atoms with Crippen LogP contribution < -0.4 is 27.9 Å². The van der Waals surface area contributed by atoms with Crippen molar-refractivity contribution in [1.82, 2.24) is 5.01 Å². The number of aliphatic imine (C=N–C) groups is 2. The highest BCUT2D eigenvalue weighted by Gasteiger charge is 2.26. The number of hydrogen-bond donors (Lipinski definition) is 4. The third kappa shape index (κ3) is 4.50. The summed E-state index contributed by atoms with van der Waals surface area (Å²) in [5.74, 6) is 0.0603. The Hall–Kier alpha value is -3.75. The third-order valence-corrected chi connectivity index (χ3v) is 4.24. The number of nitrogens with two attached hydrogens (primary N) is 4. The number of amides is 1. The van der Waals surface area contributed by atoms with Gasteiger partial charge in [-0.1, -0.05) is 0 Å². The molecule has 3 rings (SSSR count). The van der Waals surface area contributed by atoms with Gasteiger partial charge in [0.25, 0.3) is 0 Å². The van der Waals surface area contributed by atoms with Gasteiger partial charge in [0.15, 0.2) is 11.9 Å². The average Bonchev–Trinajstić information content (AvgIpc) is 2.65. The molecule has 8 N–H and O–H groups in total. The first-order valence-electron chi connectivity index (χ1n) is 8.94. The standard InChI is InChI=1S/C19H24N8O/c20-18(21)24-13-4-8-15(9-5-13)27(26-12-2-1-3-17(26)28)16-10-6-14(7-11-16)25-19(22)23/h4-11H,1-3,12H2,(H4,20,21,24)(H4,22,23,25). The lowest BCUT2D eigenvalue weighted by Gasteiger charge is -2.38. The summed E-state index contributed by atoms with van der Waals surface area (Å²) in [7, 11) is 0. The van der Waals surface area contributed by atoms with Crippen LogP contribution in [0, 0.1) is 0 Å². The number of benzene rings is 2. The van der Waals surface area contributed by atoms with E-state index in [9.17, 15) is 4.79 Å². The molecule has 9 heteroatoms. The summed E-state index contributed by atoms with van der Waals surface area (Å²) in [4.78, 5) is 20.6. The fourth-order valence-corrected chi connectivity index (χ4v) is 3.07. The number of anilines is 2. The molecule has 0 saturated carbocycles. The molecule has 146 valence electrons. The number of hydrazine groups is 1. The van der Waals surface area contributed by atoms with E-state index in [0.717, 1.165) is 24.2 Å². The van der Waals surface area contributed by atoms with E-state index in [1.807, 2.05) is 29.3 Å². The first-order valence-corrected chi connectivity index (χ1v) is 8.94. The lowest BCUT2D eigenvalue weighted by Crippen LogP contribution is -2.46. The van der Waals surface area contributed by atoms with Crippen LogP contribution in [0.25, 0.3) is 0 Å². The van der Waals surface area contributed by atoms with Crippen LogP contribution in [0.4, 0.5) is 22.7 Å². The van der Waals surface area contributed by atoms with E-state index in [-0.39, 0.29) is 17.8 Å². The molecule has 0 unspecified atom stereocenters. The molecular formula is C19H24N8O. The normalized spacial score (nSPS) is 13.7. The fraction of sp³-hybridized carbons (Fsp3) is 0.211. The second-order valence-electron chi connectivity index (χ2n) is 6.39. The second-order valence-corrected chi connectivity index (χ2v) is 6.39. The molecule has 1 fully saturated rings. The Morgan fingerprint density at radius 2 is 1.25 bits per heavy atom. The summed E-state index contributed by atoms with van der Waals surface area (Å²) in [6.45, 7) is 0.643. The van der Waals surface area contributed by atoms with Crippen LogP contribution in [-0.2, 0) is 4.79 Å². The lowest BCUT2D eigenvalue weighted by atomic mass is 10.1. The summed E-state index contributed by atoms with van der Waals surface area (Å²) >= 11 is 0. The van der Waals surface area contributed by atoms with Gasteiger partial charge in [0.1, 0.15) is 0 Å². The second kappa shape index (κ2) is 8.30. The quantitative estimate of drug-likeness (QED) is 0.456. The maximum absolute atomic E-state index is 12.6. The van der Waals surface area contributed by atoms with Crippen LogP contribution in [0.2, 0.25) is 0 Å². The largest absolute Gasteiger partial charge is 0.370 e. The first kappa shape index (κ1) is 19.0. The maximum atomic E-state index is 12.6.